The Labute approximate surface area is 87.8 Å². The highest BCUT2D eigenvalue weighted by atomic mass is 32.1. The van der Waals surface area contributed by atoms with Crippen molar-refractivity contribution in [2.24, 2.45) is 0 Å². The smallest absolute Gasteiger partial charge is 0.204 e. The number of nitrogens with zero attached hydrogens (tertiary/aromatic N) is 3. The lowest BCUT2D eigenvalue weighted by molar-refractivity contribution is 0.0481. The molecule has 1 saturated heterocycles. The van der Waals surface area contributed by atoms with Gasteiger partial charge < -0.3 is 10.0 Å². The second kappa shape index (κ2) is 3.82. The van der Waals surface area contributed by atoms with E-state index in [9.17, 15) is 5.11 Å². The van der Waals surface area contributed by atoms with Crippen molar-refractivity contribution in [3.05, 3.63) is 6.33 Å². The summed E-state index contributed by atoms with van der Waals surface area (Å²) in [5.74, 6) is 0. The van der Waals surface area contributed by atoms with Crippen molar-refractivity contribution in [1.82, 2.24) is 9.36 Å². The van der Waals surface area contributed by atoms with Crippen LogP contribution in [-0.2, 0) is 0 Å². The molecule has 1 fully saturated rings. The van der Waals surface area contributed by atoms with Gasteiger partial charge in [-0.3, -0.25) is 0 Å². The first kappa shape index (κ1) is 9.86. The third kappa shape index (κ3) is 2.22. The molecular weight excluding hydrogens is 198 g/mol. The SMILES string of the molecule is CC1(O)CCCN(c2ncns2)CC1. The summed E-state index contributed by atoms with van der Waals surface area (Å²) >= 11 is 1.42. The topological polar surface area (TPSA) is 49.2 Å². The van der Waals surface area contributed by atoms with Crippen LogP contribution >= 0.6 is 11.5 Å². The molecule has 0 bridgehead atoms. The minimum Gasteiger partial charge on any atom is -0.390 e. The van der Waals surface area contributed by atoms with E-state index in [1.807, 2.05) is 6.92 Å². The monoisotopic (exact) mass is 213 g/mol. The summed E-state index contributed by atoms with van der Waals surface area (Å²) in [5.41, 5.74) is -0.501. The van der Waals surface area contributed by atoms with Crippen molar-refractivity contribution in [2.75, 3.05) is 18.0 Å². The standard InChI is InChI=1S/C9H15N3OS/c1-9(13)3-2-5-12(6-4-9)8-10-7-11-14-8/h7,13H,2-6H2,1H3. The van der Waals surface area contributed by atoms with Gasteiger partial charge in [0.05, 0.1) is 5.60 Å². The third-order valence-electron chi connectivity index (χ3n) is 2.68. The molecule has 1 N–H and O–H groups in total. The first-order chi connectivity index (χ1) is 6.67. The van der Waals surface area contributed by atoms with Crippen molar-refractivity contribution in [1.29, 1.82) is 0 Å². The molecular formula is C9H15N3OS. The summed E-state index contributed by atoms with van der Waals surface area (Å²) in [7, 11) is 0. The Kier molecular flexibility index (Phi) is 2.69. The first-order valence-corrected chi connectivity index (χ1v) is 5.69. The lowest BCUT2D eigenvalue weighted by Gasteiger charge is -2.21. The van der Waals surface area contributed by atoms with Gasteiger partial charge in [0, 0.05) is 24.6 Å². The molecule has 2 rings (SSSR count). The minimum atomic E-state index is -0.501. The number of hydrogen-bond donors (Lipinski definition) is 1. The first-order valence-electron chi connectivity index (χ1n) is 4.91. The van der Waals surface area contributed by atoms with Crippen molar-refractivity contribution in [3.8, 4) is 0 Å². The Bertz CT molecular complexity index is 286. The van der Waals surface area contributed by atoms with Crippen LogP contribution in [0.3, 0.4) is 0 Å². The van der Waals surface area contributed by atoms with E-state index in [1.165, 1.54) is 11.5 Å². The van der Waals surface area contributed by atoms with Gasteiger partial charge in [0.25, 0.3) is 0 Å². The highest BCUT2D eigenvalue weighted by Crippen LogP contribution is 2.25. The minimum absolute atomic E-state index is 0.501. The fourth-order valence-electron chi connectivity index (χ4n) is 1.76. The van der Waals surface area contributed by atoms with Crippen LogP contribution in [-0.4, -0.2) is 33.2 Å². The molecule has 1 unspecified atom stereocenters. The molecule has 0 amide bonds. The van der Waals surface area contributed by atoms with Crippen molar-refractivity contribution in [3.63, 3.8) is 0 Å². The van der Waals surface area contributed by atoms with E-state index >= 15 is 0 Å². The number of aliphatic hydroxyl groups is 1. The fourth-order valence-corrected chi connectivity index (χ4v) is 2.34. The second-order valence-corrected chi connectivity index (χ2v) is 4.82. The van der Waals surface area contributed by atoms with Gasteiger partial charge in [-0.1, -0.05) is 0 Å². The Morgan fingerprint density at radius 2 is 2.36 bits per heavy atom. The van der Waals surface area contributed by atoms with Gasteiger partial charge in [0.2, 0.25) is 5.13 Å². The summed E-state index contributed by atoms with van der Waals surface area (Å²) in [6.07, 6.45) is 4.30. The molecule has 0 radical (unpaired) electrons. The zero-order valence-electron chi connectivity index (χ0n) is 8.31. The zero-order valence-corrected chi connectivity index (χ0v) is 9.13. The van der Waals surface area contributed by atoms with E-state index in [0.29, 0.717) is 0 Å². The van der Waals surface area contributed by atoms with Crippen molar-refractivity contribution in [2.45, 2.75) is 31.8 Å². The normalized spacial score (nSPS) is 28.9. The Hall–Kier alpha value is -0.680. The summed E-state index contributed by atoms with van der Waals surface area (Å²) in [4.78, 5) is 6.39. The van der Waals surface area contributed by atoms with Gasteiger partial charge in [-0.15, -0.1) is 0 Å². The number of hydrogen-bond acceptors (Lipinski definition) is 5. The van der Waals surface area contributed by atoms with E-state index in [-0.39, 0.29) is 0 Å². The molecule has 2 heterocycles. The van der Waals surface area contributed by atoms with Crippen LogP contribution in [0, 0.1) is 0 Å². The molecule has 0 saturated carbocycles. The van der Waals surface area contributed by atoms with Crippen LogP contribution < -0.4 is 4.90 Å². The van der Waals surface area contributed by atoms with Crippen LogP contribution in [0.15, 0.2) is 6.33 Å². The van der Waals surface area contributed by atoms with E-state index < -0.39 is 5.60 Å². The molecule has 1 aromatic heterocycles. The highest BCUT2D eigenvalue weighted by molar-refractivity contribution is 7.09. The lowest BCUT2D eigenvalue weighted by atomic mass is 9.98. The van der Waals surface area contributed by atoms with Gasteiger partial charge >= 0.3 is 0 Å². The van der Waals surface area contributed by atoms with Crippen LogP contribution in [0.25, 0.3) is 0 Å². The molecule has 14 heavy (non-hydrogen) atoms. The van der Waals surface area contributed by atoms with E-state index in [1.54, 1.807) is 6.33 Å². The van der Waals surface area contributed by atoms with Crippen LogP contribution in [0.5, 0.6) is 0 Å². The summed E-state index contributed by atoms with van der Waals surface area (Å²) < 4.78 is 3.99. The van der Waals surface area contributed by atoms with Gasteiger partial charge in [0.1, 0.15) is 6.33 Å². The number of anilines is 1. The molecule has 78 valence electrons. The molecule has 1 aliphatic rings. The summed E-state index contributed by atoms with van der Waals surface area (Å²) in [6.45, 7) is 3.77. The summed E-state index contributed by atoms with van der Waals surface area (Å²) in [5, 5.41) is 10.9. The van der Waals surface area contributed by atoms with Crippen LogP contribution in [0.2, 0.25) is 0 Å². The molecule has 4 nitrogen and oxygen atoms in total. The number of aromatic nitrogens is 2. The van der Waals surface area contributed by atoms with Crippen molar-refractivity contribution < 1.29 is 5.11 Å². The Morgan fingerprint density at radius 3 is 3.07 bits per heavy atom. The fraction of sp³-hybridized carbons (Fsp3) is 0.778. The molecule has 0 spiro atoms. The van der Waals surface area contributed by atoms with Gasteiger partial charge in [-0.05, 0) is 26.2 Å². The molecule has 5 heteroatoms. The van der Waals surface area contributed by atoms with E-state index in [4.69, 9.17) is 0 Å². The Morgan fingerprint density at radius 1 is 1.50 bits per heavy atom. The van der Waals surface area contributed by atoms with Gasteiger partial charge in [0.15, 0.2) is 0 Å². The second-order valence-electron chi connectivity index (χ2n) is 4.06. The Balaban J connectivity index is 2.03. The average molecular weight is 213 g/mol. The lowest BCUT2D eigenvalue weighted by Crippen LogP contribution is -2.28. The maximum Gasteiger partial charge on any atom is 0.204 e. The van der Waals surface area contributed by atoms with E-state index in [2.05, 4.69) is 14.3 Å². The summed E-state index contributed by atoms with van der Waals surface area (Å²) in [6, 6.07) is 0. The quantitative estimate of drug-likeness (QED) is 0.763. The van der Waals surface area contributed by atoms with Crippen molar-refractivity contribution >= 4 is 16.7 Å². The van der Waals surface area contributed by atoms with Crippen LogP contribution in [0.1, 0.15) is 26.2 Å². The average Bonchev–Trinajstić information content (AvgIpc) is 2.58. The maximum atomic E-state index is 9.91. The van der Waals surface area contributed by atoms with Gasteiger partial charge in [-0.2, -0.15) is 4.37 Å². The largest absolute Gasteiger partial charge is 0.390 e. The predicted octanol–water partition coefficient (Wildman–Crippen LogP) is 1.28. The third-order valence-corrected chi connectivity index (χ3v) is 3.41. The highest BCUT2D eigenvalue weighted by Gasteiger charge is 2.25. The molecule has 1 aromatic rings. The van der Waals surface area contributed by atoms with Crippen LogP contribution in [0.4, 0.5) is 5.13 Å². The predicted molar refractivity (Wildman–Crippen MR) is 56.6 cm³/mol. The maximum absolute atomic E-state index is 9.91. The molecule has 0 aromatic carbocycles. The molecule has 0 aliphatic carbocycles. The molecule has 1 aliphatic heterocycles. The van der Waals surface area contributed by atoms with Gasteiger partial charge in [-0.25, -0.2) is 4.98 Å². The zero-order chi connectivity index (χ0) is 10.0. The molecule has 1 atom stereocenters. The van der Waals surface area contributed by atoms with E-state index in [0.717, 1.165) is 37.5 Å². The number of rotatable bonds is 1.